The summed E-state index contributed by atoms with van der Waals surface area (Å²) in [5.41, 5.74) is 4.67. The molecule has 1 aromatic heterocycles. The topological polar surface area (TPSA) is 98.7 Å². The van der Waals surface area contributed by atoms with Gasteiger partial charge in [-0.2, -0.15) is 0 Å². The predicted octanol–water partition coefficient (Wildman–Crippen LogP) is -0.456. The van der Waals surface area contributed by atoms with Gasteiger partial charge in [0.05, 0.1) is 5.54 Å². The number of nitrogens with zero attached hydrogens (tertiary/aromatic N) is 4. The fourth-order valence-electron chi connectivity index (χ4n) is 1.44. The maximum absolute atomic E-state index is 11.4. The second-order valence-corrected chi connectivity index (χ2v) is 5.57. The maximum Gasteiger partial charge on any atom is 0.237 e. The van der Waals surface area contributed by atoms with Gasteiger partial charge < -0.3 is 11.1 Å². The molecule has 0 aliphatic rings. The summed E-state index contributed by atoms with van der Waals surface area (Å²) in [6.07, 6.45) is 0.607. The van der Waals surface area contributed by atoms with Crippen LogP contribution in [-0.4, -0.2) is 44.0 Å². The van der Waals surface area contributed by atoms with Gasteiger partial charge in [-0.05, 0) is 30.8 Å². The number of nitrogens with two attached hydrogens (primary N) is 1. The average molecular weight is 258 g/mol. The number of likely N-dealkylation sites (N-methyl/N-ethyl adjacent to an activating group) is 1. The third kappa shape index (κ3) is 3.40. The smallest absolute Gasteiger partial charge is 0.237 e. The second kappa shape index (κ2) is 5.46. The highest BCUT2D eigenvalue weighted by Crippen LogP contribution is 2.26. The van der Waals surface area contributed by atoms with Crippen LogP contribution in [0.15, 0.2) is 5.16 Å². The van der Waals surface area contributed by atoms with Crippen molar-refractivity contribution >= 4 is 17.7 Å². The summed E-state index contributed by atoms with van der Waals surface area (Å²) < 4.78 is 1.60. The Balaban J connectivity index is 2.63. The molecule has 1 amide bonds. The number of aromatic nitrogens is 4. The molecule has 8 heteroatoms. The van der Waals surface area contributed by atoms with E-state index in [2.05, 4.69) is 20.8 Å². The van der Waals surface area contributed by atoms with Crippen LogP contribution >= 0.6 is 11.8 Å². The van der Waals surface area contributed by atoms with Crippen LogP contribution in [0.3, 0.4) is 0 Å². The number of nitrogens with one attached hydrogen (secondary N) is 1. The number of hydrogen-bond acceptors (Lipinski definition) is 6. The molecule has 0 radical (unpaired) electrons. The molecule has 3 N–H and O–H groups in total. The van der Waals surface area contributed by atoms with Gasteiger partial charge in [0.1, 0.15) is 0 Å². The molecule has 2 atom stereocenters. The van der Waals surface area contributed by atoms with Gasteiger partial charge in [-0.3, -0.25) is 4.79 Å². The summed E-state index contributed by atoms with van der Waals surface area (Å²) >= 11 is 1.52. The molecule has 1 heterocycles. The van der Waals surface area contributed by atoms with Crippen molar-refractivity contribution < 1.29 is 4.79 Å². The van der Waals surface area contributed by atoms with Crippen LogP contribution in [0.1, 0.15) is 20.3 Å². The van der Waals surface area contributed by atoms with Crippen molar-refractivity contribution in [3.8, 4) is 0 Å². The van der Waals surface area contributed by atoms with Crippen molar-refractivity contribution in [3.63, 3.8) is 0 Å². The molecule has 1 rings (SSSR count). The van der Waals surface area contributed by atoms with Crippen LogP contribution in [0.4, 0.5) is 0 Å². The molecule has 17 heavy (non-hydrogen) atoms. The number of carbonyl (C=O) groups excluding carboxylic acids is 1. The van der Waals surface area contributed by atoms with Crippen LogP contribution in [-0.2, 0) is 11.8 Å². The van der Waals surface area contributed by atoms with Gasteiger partial charge >= 0.3 is 0 Å². The maximum atomic E-state index is 11.4. The van der Waals surface area contributed by atoms with Gasteiger partial charge in [-0.15, -0.1) is 5.10 Å². The highest BCUT2D eigenvalue weighted by atomic mass is 32.2. The van der Waals surface area contributed by atoms with E-state index in [1.807, 2.05) is 6.92 Å². The number of tetrazole rings is 1. The molecular formula is C9H18N6OS. The Morgan fingerprint density at radius 1 is 1.71 bits per heavy atom. The zero-order chi connectivity index (χ0) is 13.1. The summed E-state index contributed by atoms with van der Waals surface area (Å²) in [5.74, 6) is -0.358. The number of rotatable bonds is 6. The molecule has 0 spiro atoms. The molecule has 1 aromatic rings. The number of hydrogen-bond donors (Lipinski definition) is 2. The van der Waals surface area contributed by atoms with Gasteiger partial charge in [0.2, 0.25) is 11.1 Å². The summed E-state index contributed by atoms with van der Waals surface area (Å²) in [6, 6.07) is 0. The molecule has 7 nitrogen and oxygen atoms in total. The molecule has 0 aliphatic carbocycles. The van der Waals surface area contributed by atoms with Gasteiger partial charge in [0, 0.05) is 12.3 Å². The predicted molar refractivity (Wildman–Crippen MR) is 65.4 cm³/mol. The minimum atomic E-state index is -0.710. The molecule has 96 valence electrons. The third-order valence-electron chi connectivity index (χ3n) is 2.68. The van der Waals surface area contributed by atoms with Crippen LogP contribution in [0, 0.1) is 0 Å². The van der Waals surface area contributed by atoms with E-state index >= 15 is 0 Å². The Kier molecular flexibility index (Phi) is 4.47. The van der Waals surface area contributed by atoms with Crippen LogP contribution in [0.5, 0.6) is 0 Å². The Hall–Kier alpha value is -1.15. The van der Waals surface area contributed by atoms with Crippen LogP contribution in [0.25, 0.3) is 0 Å². The number of primary amides is 1. The lowest BCUT2D eigenvalue weighted by Gasteiger charge is -2.28. The van der Waals surface area contributed by atoms with Crippen molar-refractivity contribution in [2.45, 2.75) is 36.2 Å². The molecule has 0 saturated heterocycles. The second-order valence-electron chi connectivity index (χ2n) is 4.16. The normalized spacial score (nSPS) is 16.5. The van der Waals surface area contributed by atoms with E-state index in [9.17, 15) is 4.79 Å². The van der Waals surface area contributed by atoms with Gasteiger partial charge in [0.25, 0.3) is 0 Å². The lowest BCUT2D eigenvalue weighted by atomic mass is 9.95. The van der Waals surface area contributed by atoms with Gasteiger partial charge in [0.15, 0.2) is 0 Å². The average Bonchev–Trinajstić information content (AvgIpc) is 2.63. The first-order valence-corrected chi connectivity index (χ1v) is 6.15. The highest BCUT2D eigenvalue weighted by molar-refractivity contribution is 7.99. The van der Waals surface area contributed by atoms with E-state index in [-0.39, 0.29) is 11.2 Å². The standard InChI is InChI=1S/C9H18N6OS/c1-6(5-9(2,11-3)7(10)16)17-8-12-13-14-15(8)4/h6,11H,5H2,1-4H3,(H2,10,16). The summed E-state index contributed by atoms with van der Waals surface area (Å²) in [4.78, 5) is 11.4. The molecule has 0 aromatic carbocycles. The Morgan fingerprint density at radius 2 is 2.35 bits per heavy atom. The SMILES string of the molecule is CNC(C)(CC(C)Sc1nnnn1C)C(N)=O. The Morgan fingerprint density at radius 3 is 2.76 bits per heavy atom. The van der Waals surface area contributed by atoms with E-state index in [1.165, 1.54) is 11.8 Å². The van der Waals surface area contributed by atoms with E-state index in [0.29, 0.717) is 6.42 Å². The Bertz CT molecular complexity index is 395. The first kappa shape index (κ1) is 13.9. The largest absolute Gasteiger partial charge is 0.368 e. The van der Waals surface area contributed by atoms with Crippen LogP contribution < -0.4 is 11.1 Å². The van der Waals surface area contributed by atoms with Crippen molar-refractivity contribution in [3.05, 3.63) is 0 Å². The molecular weight excluding hydrogens is 240 g/mol. The van der Waals surface area contributed by atoms with E-state index < -0.39 is 5.54 Å². The van der Waals surface area contributed by atoms with Crippen LogP contribution in [0.2, 0.25) is 0 Å². The van der Waals surface area contributed by atoms with Crippen molar-refractivity contribution in [2.75, 3.05) is 7.05 Å². The first-order valence-electron chi connectivity index (χ1n) is 5.27. The minimum absolute atomic E-state index is 0.171. The van der Waals surface area contributed by atoms with Crippen molar-refractivity contribution in [1.29, 1.82) is 0 Å². The van der Waals surface area contributed by atoms with Crippen molar-refractivity contribution in [1.82, 2.24) is 25.5 Å². The number of carbonyl (C=O) groups is 1. The molecule has 0 aliphatic heterocycles. The van der Waals surface area contributed by atoms with Gasteiger partial charge in [-0.25, -0.2) is 4.68 Å². The first-order chi connectivity index (χ1) is 7.89. The minimum Gasteiger partial charge on any atom is -0.368 e. The molecule has 0 saturated carbocycles. The number of thioether (sulfide) groups is 1. The Labute approximate surface area is 105 Å². The van der Waals surface area contributed by atoms with Crippen molar-refractivity contribution in [2.24, 2.45) is 12.8 Å². The lowest BCUT2D eigenvalue weighted by molar-refractivity contribution is -0.123. The zero-order valence-corrected chi connectivity index (χ0v) is 11.3. The van der Waals surface area contributed by atoms with Gasteiger partial charge in [-0.1, -0.05) is 18.7 Å². The zero-order valence-electron chi connectivity index (χ0n) is 10.5. The number of amides is 1. The summed E-state index contributed by atoms with van der Waals surface area (Å²) in [5, 5.41) is 15.0. The molecule has 2 unspecified atom stereocenters. The fourth-order valence-corrected chi connectivity index (χ4v) is 2.49. The van der Waals surface area contributed by atoms with E-state index in [4.69, 9.17) is 5.73 Å². The summed E-state index contributed by atoms with van der Waals surface area (Å²) in [7, 11) is 3.51. The lowest BCUT2D eigenvalue weighted by Crippen LogP contribution is -2.52. The highest BCUT2D eigenvalue weighted by Gasteiger charge is 2.31. The fraction of sp³-hybridized carbons (Fsp3) is 0.778. The summed E-state index contributed by atoms with van der Waals surface area (Å²) in [6.45, 7) is 3.80. The number of aryl methyl sites for hydroxylation is 1. The molecule has 0 bridgehead atoms. The van der Waals surface area contributed by atoms with E-state index in [0.717, 1.165) is 5.16 Å². The quantitative estimate of drug-likeness (QED) is 0.670. The molecule has 0 fully saturated rings. The monoisotopic (exact) mass is 258 g/mol. The third-order valence-corrected chi connectivity index (χ3v) is 3.80. The van der Waals surface area contributed by atoms with E-state index in [1.54, 1.807) is 25.7 Å².